The SMILES string of the molecule is CCOc1ccc(Nc2ccc([N+](=O)[O-])cc2Cl)cc1OC. The molecule has 1 N–H and O–H groups in total. The van der Waals surface area contributed by atoms with E-state index in [9.17, 15) is 10.1 Å². The van der Waals surface area contributed by atoms with Gasteiger partial charge >= 0.3 is 0 Å². The molecule has 0 amide bonds. The van der Waals surface area contributed by atoms with Crippen molar-refractivity contribution in [2.24, 2.45) is 0 Å². The quantitative estimate of drug-likeness (QED) is 0.630. The minimum absolute atomic E-state index is 0.0557. The smallest absolute Gasteiger partial charge is 0.271 e. The maximum Gasteiger partial charge on any atom is 0.271 e. The van der Waals surface area contributed by atoms with Crippen LogP contribution in [0.15, 0.2) is 36.4 Å². The van der Waals surface area contributed by atoms with Crippen molar-refractivity contribution in [2.75, 3.05) is 19.0 Å². The van der Waals surface area contributed by atoms with Crippen LogP contribution in [0.3, 0.4) is 0 Å². The lowest BCUT2D eigenvalue weighted by Gasteiger charge is -2.13. The summed E-state index contributed by atoms with van der Waals surface area (Å²) in [6.07, 6.45) is 0. The van der Waals surface area contributed by atoms with Gasteiger partial charge in [0.05, 0.1) is 29.4 Å². The Kier molecular flexibility index (Phi) is 5.06. The molecule has 2 aromatic rings. The van der Waals surface area contributed by atoms with E-state index in [1.165, 1.54) is 12.1 Å². The number of nitrogens with one attached hydrogen (secondary N) is 1. The molecule has 0 saturated carbocycles. The van der Waals surface area contributed by atoms with Gasteiger partial charge in [-0.1, -0.05) is 11.6 Å². The molecule has 7 heteroatoms. The van der Waals surface area contributed by atoms with E-state index in [0.717, 1.165) is 5.69 Å². The molecule has 22 heavy (non-hydrogen) atoms. The van der Waals surface area contributed by atoms with Gasteiger partial charge in [0.25, 0.3) is 5.69 Å². The number of nitro groups is 1. The van der Waals surface area contributed by atoms with Crippen molar-refractivity contribution in [2.45, 2.75) is 6.92 Å². The fourth-order valence-electron chi connectivity index (χ4n) is 1.89. The van der Waals surface area contributed by atoms with E-state index in [2.05, 4.69) is 5.32 Å². The Morgan fingerprint density at radius 1 is 1.23 bits per heavy atom. The first kappa shape index (κ1) is 15.9. The Morgan fingerprint density at radius 3 is 2.59 bits per heavy atom. The lowest BCUT2D eigenvalue weighted by molar-refractivity contribution is -0.384. The zero-order chi connectivity index (χ0) is 16.1. The average Bonchev–Trinajstić information content (AvgIpc) is 2.50. The maximum absolute atomic E-state index is 10.7. The van der Waals surface area contributed by atoms with Crippen LogP contribution in [-0.2, 0) is 0 Å². The minimum Gasteiger partial charge on any atom is -0.493 e. The Balaban J connectivity index is 2.25. The number of methoxy groups -OCH3 is 1. The van der Waals surface area contributed by atoms with E-state index >= 15 is 0 Å². The molecule has 0 fully saturated rings. The average molecular weight is 323 g/mol. The van der Waals surface area contributed by atoms with Gasteiger partial charge in [-0.3, -0.25) is 10.1 Å². The van der Waals surface area contributed by atoms with Crippen molar-refractivity contribution < 1.29 is 14.4 Å². The van der Waals surface area contributed by atoms with Gasteiger partial charge in [0.2, 0.25) is 0 Å². The summed E-state index contributed by atoms with van der Waals surface area (Å²) in [7, 11) is 1.56. The summed E-state index contributed by atoms with van der Waals surface area (Å²) < 4.78 is 10.7. The third-order valence-corrected chi connectivity index (χ3v) is 3.22. The molecule has 0 atom stereocenters. The van der Waals surface area contributed by atoms with Gasteiger partial charge in [-0.25, -0.2) is 0 Å². The molecule has 0 aromatic heterocycles. The normalized spacial score (nSPS) is 10.1. The summed E-state index contributed by atoms with van der Waals surface area (Å²) in [5.74, 6) is 1.23. The zero-order valence-electron chi connectivity index (χ0n) is 12.1. The molecule has 116 valence electrons. The van der Waals surface area contributed by atoms with Crippen molar-refractivity contribution in [1.29, 1.82) is 0 Å². The van der Waals surface area contributed by atoms with Crippen LogP contribution in [0.4, 0.5) is 17.1 Å². The topological polar surface area (TPSA) is 73.6 Å². The standard InChI is InChI=1S/C15H15ClN2O4/c1-3-22-14-7-4-10(8-15(14)21-2)17-13-6-5-11(18(19)20)9-12(13)16/h4-9,17H,3H2,1-2H3. The van der Waals surface area contributed by atoms with Gasteiger partial charge in [-0.15, -0.1) is 0 Å². The third kappa shape index (κ3) is 3.59. The molecule has 0 aliphatic rings. The van der Waals surface area contributed by atoms with Crippen LogP contribution in [0.2, 0.25) is 5.02 Å². The van der Waals surface area contributed by atoms with Crippen LogP contribution < -0.4 is 14.8 Å². The fourth-order valence-corrected chi connectivity index (χ4v) is 2.12. The Morgan fingerprint density at radius 2 is 2.00 bits per heavy atom. The molecular formula is C15H15ClN2O4. The van der Waals surface area contributed by atoms with Crippen LogP contribution in [-0.4, -0.2) is 18.6 Å². The van der Waals surface area contributed by atoms with Crippen molar-refractivity contribution >= 4 is 28.7 Å². The number of nitro benzene ring substituents is 1. The molecular weight excluding hydrogens is 308 g/mol. The van der Waals surface area contributed by atoms with Crippen LogP contribution in [0.5, 0.6) is 11.5 Å². The molecule has 0 bridgehead atoms. The molecule has 0 heterocycles. The van der Waals surface area contributed by atoms with E-state index in [-0.39, 0.29) is 10.7 Å². The zero-order valence-corrected chi connectivity index (χ0v) is 12.9. The highest BCUT2D eigenvalue weighted by molar-refractivity contribution is 6.33. The number of nitrogens with zero attached hydrogens (tertiary/aromatic N) is 1. The van der Waals surface area contributed by atoms with Gasteiger partial charge in [-0.05, 0) is 25.1 Å². The summed E-state index contributed by atoms with van der Waals surface area (Å²) in [6, 6.07) is 9.61. The van der Waals surface area contributed by atoms with Crippen molar-refractivity contribution in [1.82, 2.24) is 0 Å². The maximum atomic E-state index is 10.7. The molecule has 0 saturated heterocycles. The summed E-state index contributed by atoms with van der Waals surface area (Å²) in [5, 5.41) is 14.1. The predicted octanol–water partition coefficient (Wildman–Crippen LogP) is 4.40. The predicted molar refractivity (Wildman–Crippen MR) is 85.6 cm³/mol. The highest BCUT2D eigenvalue weighted by atomic mass is 35.5. The lowest BCUT2D eigenvalue weighted by Crippen LogP contribution is -1.97. The third-order valence-electron chi connectivity index (χ3n) is 2.91. The Labute approximate surface area is 132 Å². The fraction of sp³-hybridized carbons (Fsp3) is 0.200. The number of non-ortho nitro benzene ring substituents is 1. The second-order valence-electron chi connectivity index (χ2n) is 4.34. The first-order valence-corrected chi connectivity index (χ1v) is 6.94. The van der Waals surface area contributed by atoms with Gasteiger partial charge < -0.3 is 14.8 Å². The van der Waals surface area contributed by atoms with Crippen LogP contribution in [0.1, 0.15) is 6.92 Å². The molecule has 6 nitrogen and oxygen atoms in total. The summed E-state index contributed by atoms with van der Waals surface area (Å²) in [5.41, 5.74) is 1.24. The molecule has 2 rings (SSSR count). The largest absolute Gasteiger partial charge is 0.493 e. The van der Waals surface area contributed by atoms with Crippen LogP contribution >= 0.6 is 11.6 Å². The number of rotatable bonds is 6. The van der Waals surface area contributed by atoms with Crippen LogP contribution in [0, 0.1) is 10.1 Å². The summed E-state index contributed by atoms with van der Waals surface area (Å²) in [4.78, 5) is 10.2. The lowest BCUT2D eigenvalue weighted by atomic mass is 10.2. The van der Waals surface area contributed by atoms with Gasteiger partial charge in [0.15, 0.2) is 11.5 Å². The Bertz CT molecular complexity index is 691. The van der Waals surface area contributed by atoms with E-state index in [4.69, 9.17) is 21.1 Å². The second kappa shape index (κ2) is 7.00. The van der Waals surface area contributed by atoms with Crippen LogP contribution in [0.25, 0.3) is 0 Å². The number of hydrogen-bond donors (Lipinski definition) is 1. The number of anilines is 2. The molecule has 0 unspecified atom stereocenters. The van der Waals surface area contributed by atoms with Crippen molar-refractivity contribution in [3.05, 3.63) is 51.5 Å². The first-order chi connectivity index (χ1) is 10.5. The molecule has 2 aromatic carbocycles. The van der Waals surface area contributed by atoms with E-state index in [0.29, 0.717) is 23.8 Å². The van der Waals surface area contributed by atoms with Gasteiger partial charge in [0, 0.05) is 23.9 Å². The van der Waals surface area contributed by atoms with Gasteiger partial charge in [-0.2, -0.15) is 0 Å². The highest BCUT2D eigenvalue weighted by Gasteiger charge is 2.11. The monoisotopic (exact) mass is 322 g/mol. The number of halogens is 1. The number of hydrogen-bond acceptors (Lipinski definition) is 5. The highest BCUT2D eigenvalue weighted by Crippen LogP contribution is 2.34. The van der Waals surface area contributed by atoms with Gasteiger partial charge in [0.1, 0.15) is 0 Å². The number of benzene rings is 2. The van der Waals surface area contributed by atoms with Crippen molar-refractivity contribution in [3.8, 4) is 11.5 Å². The molecule has 0 aliphatic heterocycles. The summed E-state index contributed by atoms with van der Waals surface area (Å²) >= 11 is 6.06. The van der Waals surface area contributed by atoms with E-state index in [1.54, 1.807) is 25.3 Å². The van der Waals surface area contributed by atoms with Crippen molar-refractivity contribution in [3.63, 3.8) is 0 Å². The second-order valence-corrected chi connectivity index (χ2v) is 4.75. The summed E-state index contributed by atoms with van der Waals surface area (Å²) in [6.45, 7) is 2.43. The number of ether oxygens (including phenoxy) is 2. The molecule has 0 spiro atoms. The Hall–Kier alpha value is -2.47. The van der Waals surface area contributed by atoms with E-state index in [1.807, 2.05) is 13.0 Å². The van der Waals surface area contributed by atoms with E-state index < -0.39 is 4.92 Å². The molecule has 0 radical (unpaired) electrons. The first-order valence-electron chi connectivity index (χ1n) is 6.57. The molecule has 0 aliphatic carbocycles. The minimum atomic E-state index is -0.491.